The van der Waals surface area contributed by atoms with E-state index in [1.165, 1.54) is 11.3 Å². The van der Waals surface area contributed by atoms with Gasteiger partial charge >= 0.3 is 0 Å². The van der Waals surface area contributed by atoms with Gasteiger partial charge in [-0.2, -0.15) is 5.10 Å². The van der Waals surface area contributed by atoms with Gasteiger partial charge in [-0.25, -0.2) is 4.68 Å². The summed E-state index contributed by atoms with van der Waals surface area (Å²) in [5, 5.41) is 4.76. The standard InChI is InChI=1S/C25H30N4O2/c1-19-9-7-8-12-24(19)31-18-25(30)28-15-13-27(14-16-28)17-23-20(2)26-29(21(23)3)22-10-5-4-6-11-22/h4-12H,13-18H2,1-3H3. The van der Waals surface area contributed by atoms with Crippen molar-refractivity contribution in [2.75, 3.05) is 32.8 Å². The zero-order valence-electron chi connectivity index (χ0n) is 18.5. The quantitative estimate of drug-likeness (QED) is 0.615. The molecule has 3 aromatic rings. The van der Waals surface area contributed by atoms with Crippen molar-refractivity contribution in [1.82, 2.24) is 19.6 Å². The molecule has 0 saturated carbocycles. The van der Waals surface area contributed by atoms with Crippen LogP contribution in [0.4, 0.5) is 0 Å². The Labute approximate surface area is 184 Å². The van der Waals surface area contributed by atoms with Gasteiger partial charge in [0.1, 0.15) is 5.75 Å². The lowest BCUT2D eigenvalue weighted by Gasteiger charge is -2.34. The normalized spacial score (nSPS) is 14.6. The van der Waals surface area contributed by atoms with Crippen LogP contribution in [0.2, 0.25) is 0 Å². The lowest BCUT2D eigenvalue weighted by Crippen LogP contribution is -2.49. The number of carbonyl (C=O) groups is 1. The number of hydrogen-bond donors (Lipinski definition) is 0. The van der Waals surface area contributed by atoms with Gasteiger partial charge in [0.15, 0.2) is 6.61 Å². The van der Waals surface area contributed by atoms with Crippen molar-refractivity contribution >= 4 is 5.91 Å². The maximum absolute atomic E-state index is 12.6. The molecule has 1 saturated heterocycles. The molecule has 0 N–H and O–H groups in total. The molecule has 6 heteroatoms. The molecule has 4 rings (SSSR count). The SMILES string of the molecule is Cc1ccccc1OCC(=O)N1CCN(Cc2c(C)nn(-c3ccccc3)c2C)CC1. The average molecular weight is 419 g/mol. The van der Waals surface area contributed by atoms with Gasteiger partial charge in [0.05, 0.1) is 11.4 Å². The van der Waals surface area contributed by atoms with Crippen molar-refractivity contribution in [2.24, 2.45) is 0 Å². The van der Waals surface area contributed by atoms with E-state index in [0.717, 1.165) is 55.4 Å². The summed E-state index contributed by atoms with van der Waals surface area (Å²) in [5.74, 6) is 0.822. The fourth-order valence-corrected chi connectivity index (χ4v) is 4.05. The van der Waals surface area contributed by atoms with E-state index in [0.29, 0.717) is 0 Å². The van der Waals surface area contributed by atoms with Gasteiger partial charge in [0, 0.05) is 44.0 Å². The van der Waals surface area contributed by atoms with Crippen LogP contribution in [-0.4, -0.2) is 58.3 Å². The number of ether oxygens (including phenoxy) is 1. The molecule has 0 atom stereocenters. The van der Waals surface area contributed by atoms with Gasteiger partial charge < -0.3 is 9.64 Å². The summed E-state index contributed by atoms with van der Waals surface area (Å²) in [5.41, 5.74) is 5.63. The molecule has 2 aromatic carbocycles. The Balaban J connectivity index is 1.32. The highest BCUT2D eigenvalue weighted by atomic mass is 16.5. The summed E-state index contributed by atoms with van der Waals surface area (Å²) in [4.78, 5) is 16.9. The lowest BCUT2D eigenvalue weighted by molar-refractivity contribution is -0.135. The lowest BCUT2D eigenvalue weighted by atomic mass is 10.1. The fourth-order valence-electron chi connectivity index (χ4n) is 4.05. The molecule has 2 heterocycles. The molecule has 31 heavy (non-hydrogen) atoms. The number of nitrogens with zero attached hydrogens (tertiary/aromatic N) is 4. The molecule has 6 nitrogen and oxygen atoms in total. The minimum Gasteiger partial charge on any atom is -0.484 e. The van der Waals surface area contributed by atoms with Crippen LogP contribution in [0.3, 0.4) is 0 Å². The van der Waals surface area contributed by atoms with Crippen molar-refractivity contribution in [3.63, 3.8) is 0 Å². The minimum atomic E-state index is 0.0483. The summed E-state index contributed by atoms with van der Waals surface area (Å²) < 4.78 is 7.76. The summed E-state index contributed by atoms with van der Waals surface area (Å²) in [6.45, 7) is 10.3. The minimum absolute atomic E-state index is 0.0483. The molecule has 0 radical (unpaired) electrons. The van der Waals surface area contributed by atoms with E-state index < -0.39 is 0 Å². The number of amides is 1. The van der Waals surface area contributed by atoms with E-state index >= 15 is 0 Å². The summed E-state index contributed by atoms with van der Waals surface area (Å²) >= 11 is 0. The van der Waals surface area contributed by atoms with Gasteiger partial charge in [-0.05, 0) is 44.5 Å². The Morgan fingerprint density at radius 2 is 1.61 bits per heavy atom. The molecule has 1 amide bonds. The average Bonchev–Trinajstić information content (AvgIpc) is 3.08. The fraction of sp³-hybridized carbons (Fsp3) is 0.360. The highest BCUT2D eigenvalue weighted by Crippen LogP contribution is 2.20. The van der Waals surface area contributed by atoms with Crippen LogP contribution in [0.25, 0.3) is 5.69 Å². The first-order chi connectivity index (χ1) is 15.0. The molecule has 1 aromatic heterocycles. The zero-order valence-corrected chi connectivity index (χ0v) is 18.5. The van der Waals surface area contributed by atoms with Crippen LogP contribution in [-0.2, 0) is 11.3 Å². The molecule has 0 spiro atoms. The van der Waals surface area contributed by atoms with Gasteiger partial charge in [-0.15, -0.1) is 0 Å². The number of para-hydroxylation sites is 2. The van der Waals surface area contributed by atoms with Crippen LogP contribution in [0.15, 0.2) is 54.6 Å². The Bertz CT molecular complexity index is 1040. The van der Waals surface area contributed by atoms with Gasteiger partial charge in [0.25, 0.3) is 5.91 Å². The molecule has 0 unspecified atom stereocenters. The van der Waals surface area contributed by atoms with E-state index in [1.807, 2.05) is 59.0 Å². The first kappa shape index (κ1) is 21.1. The number of benzene rings is 2. The summed E-state index contributed by atoms with van der Waals surface area (Å²) in [6, 6.07) is 18.0. The van der Waals surface area contributed by atoms with Crippen LogP contribution in [0, 0.1) is 20.8 Å². The van der Waals surface area contributed by atoms with Crippen LogP contribution < -0.4 is 4.74 Å². The second-order valence-corrected chi connectivity index (χ2v) is 8.11. The van der Waals surface area contributed by atoms with E-state index in [9.17, 15) is 4.79 Å². The number of aromatic nitrogens is 2. The van der Waals surface area contributed by atoms with Crippen molar-refractivity contribution < 1.29 is 9.53 Å². The summed E-state index contributed by atoms with van der Waals surface area (Å²) in [7, 11) is 0. The van der Waals surface area contributed by atoms with E-state index in [4.69, 9.17) is 9.84 Å². The third-order valence-corrected chi connectivity index (χ3v) is 5.99. The molecular weight excluding hydrogens is 388 g/mol. The Morgan fingerprint density at radius 1 is 0.935 bits per heavy atom. The van der Waals surface area contributed by atoms with E-state index in [1.54, 1.807) is 0 Å². The first-order valence-corrected chi connectivity index (χ1v) is 10.8. The predicted octanol–water partition coefficient (Wildman–Crippen LogP) is 3.52. The second-order valence-electron chi connectivity index (χ2n) is 8.11. The molecule has 0 bridgehead atoms. The van der Waals surface area contributed by atoms with Gasteiger partial charge in [-0.3, -0.25) is 9.69 Å². The van der Waals surface area contributed by atoms with Crippen LogP contribution >= 0.6 is 0 Å². The monoisotopic (exact) mass is 418 g/mol. The largest absolute Gasteiger partial charge is 0.484 e. The number of hydrogen-bond acceptors (Lipinski definition) is 4. The number of aryl methyl sites for hydroxylation is 2. The predicted molar refractivity (Wildman–Crippen MR) is 122 cm³/mol. The van der Waals surface area contributed by atoms with Crippen molar-refractivity contribution in [3.05, 3.63) is 77.1 Å². The Kier molecular flexibility index (Phi) is 6.37. The second kappa shape index (κ2) is 9.35. The van der Waals surface area contributed by atoms with E-state index in [2.05, 4.69) is 30.9 Å². The number of carbonyl (C=O) groups excluding carboxylic acids is 1. The Hall–Kier alpha value is -3.12. The number of piperazine rings is 1. The molecular formula is C25H30N4O2. The maximum atomic E-state index is 12.6. The molecule has 162 valence electrons. The van der Waals surface area contributed by atoms with Gasteiger partial charge in [-0.1, -0.05) is 36.4 Å². The maximum Gasteiger partial charge on any atom is 0.260 e. The molecule has 0 aliphatic carbocycles. The molecule has 1 aliphatic rings. The van der Waals surface area contributed by atoms with Gasteiger partial charge in [0.2, 0.25) is 0 Å². The Morgan fingerprint density at radius 3 is 2.32 bits per heavy atom. The van der Waals surface area contributed by atoms with Crippen molar-refractivity contribution in [2.45, 2.75) is 27.3 Å². The number of rotatable bonds is 6. The highest BCUT2D eigenvalue weighted by molar-refractivity contribution is 5.78. The van der Waals surface area contributed by atoms with Crippen molar-refractivity contribution in [3.8, 4) is 11.4 Å². The third kappa shape index (κ3) is 4.80. The topological polar surface area (TPSA) is 50.6 Å². The summed E-state index contributed by atoms with van der Waals surface area (Å²) in [6.07, 6.45) is 0. The van der Waals surface area contributed by atoms with E-state index in [-0.39, 0.29) is 12.5 Å². The smallest absolute Gasteiger partial charge is 0.260 e. The molecule has 1 aliphatic heterocycles. The highest BCUT2D eigenvalue weighted by Gasteiger charge is 2.23. The van der Waals surface area contributed by atoms with Crippen molar-refractivity contribution in [1.29, 1.82) is 0 Å². The zero-order chi connectivity index (χ0) is 21.8. The van der Waals surface area contributed by atoms with Crippen LogP contribution in [0.5, 0.6) is 5.75 Å². The third-order valence-electron chi connectivity index (χ3n) is 5.99. The first-order valence-electron chi connectivity index (χ1n) is 10.8. The van der Waals surface area contributed by atoms with Crippen LogP contribution in [0.1, 0.15) is 22.5 Å². The molecule has 1 fully saturated rings.